The molecule has 2 aliphatic heterocycles. The van der Waals surface area contributed by atoms with Gasteiger partial charge in [-0.05, 0) is 49.4 Å². The Bertz CT molecular complexity index is 1020. The molecule has 0 N–H and O–H groups in total. The van der Waals surface area contributed by atoms with Gasteiger partial charge in [0, 0.05) is 45.3 Å². The zero-order valence-corrected chi connectivity index (χ0v) is 17.3. The van der Waals surface area contributed by atoms with E-state index in [2.05, 4.69) is 28.6 Å². The summed E-state index contributed by atoms with van der Waals surface area (Å²) in [7, 11) is 2.16. The standard InChI is InChI=1S/C22H22Cl2N2O2/c1-25-9-8-18-19-12-17(24)6-7-20(19)26(21(18)13-25)14-22(27-10-11-28-22)15-2-4-16(23)5-3-15/h2-7,12H,8-11,13-14H2,1H3. The predicted molar refractivity (Wildman–Crippen MR) is 112 cm³/mol. The first-order valence-electron chi connectivity index (χ1n) is 9.58. The Morgan fingerprint density at radius 2 is 1.71 bits per heavy atom. The summed E-state index contributed by atoms with van der Waals surface area (Å²) >= 11 is 12.4. The monoisotopic (exact) mass is 416 g/mol. The Morgan fingerprint density at radius 1 is 1.00 bits per heavy atom. The van der Waals surface area contributed by atoms with Gasteiger partial charge in [-0.1, -0.05) is 35.3 Å². The van der Waals surface area contributed by atoms with Gasteiger partial charge in [-0.15, -0.1) is 0 Å². The highest BCUT2D eigenvalue weighted by Gasteiger charge is 2.40. The number of halogens is 2. The molecule has 0 aliphatic carbocycles. The third kappa shape index (κ3) is 3.04. The second-order valence-electron chi connectivity index (χ2n) is 7.62. The van der Waals surface area contributed by atoms with Crippen LogP contribution in [0.15, 0.2) is 42.5 Å². The van der Waals surface area contributed by atoms with Crippen molar-refractivity contribution in [2.45, 2.75) is 25.3 Å². The summed E-state index contributed by atoms with van der Waals surface area (Å²) in [6, 6.07) is 13.9. The van der Waals surface area contributed by atoms with Crippen LogP contribution in [-0.2, 0) is 34.8 Å². The van der Waals surface area contributed by atoms with E-state index in [9.17, 15) is 0 Å². The molecule has 2 aromatic carbocycles. The van der Waals surface area contributed by atoms with E-state index in [-0.39, 0.29) is 0 Å². The van der Waals surface area contributed by atoms with Gasteiger partial charge in [0.05, 0.1) is 19.8 Å². The molecule has 3 aromatic rings. The number of hydrogen-bond donors (Lipinski definition) is 0. The van der Waals surface area contributed by atoms with Gasteiger partial charge in [0.2, 0.25) is 5.79 Å². The second-order valence-corrected chi connectivity index (χ2v) is 8.49. The van der Waals surface area contributed by atoms with Crippen LogP contribution in [0.2, 0.25) is 10.0 Å². The van der Waals surface area contributed by atoms with Gasteiger partial charge in [-0.25, -0.2) is 0 Å². The van der Waals surface area contributed by atoms with Crippen LogP contribution in [-0.4, -0.2) is 36.3 Å². The topological polar surface area (TPSA) is 26.6 Å². The van der Waals surface area contributed by atoms with Crippen LogP contribution in [0, 0.1) is 0 Å². The highest BCUT2D eigenvalue weighted by molar-refractivity contribution is 6.31. The summed E-state index contributed by atoms with van der Waals surface area (Å²) in [5.74, 6) is -0.806. The number of hydrogen-bond acceptors (Lipinski definition) is 3. The lowest BCUT2D eigenvalue weighted by Gasteiger charge is -2.31. The van der Waals surface area contributed by atoms with Crippen molar-refractivity contribution in [2.24, 2.45) is 0 Å². The van der Waals surface area contributed by atoms with Crippen molar-refractivity contribution in [2.75, 3.05) is 26.8 Å². The van der Waals surface area contributed by atoms with Gasteiger partial charge < -0.3 is 18.9 Å². The smallest absolute Gasteiger partial charge is 0.213 e. The minimum atomic E-state index is -0.806. The fraction of sp³-hybridized carbons (Fsp3) is 0.364. The largest absolute Gasteiger partial charge is 0.342 e. The van der Waals surface area contributed by atoms with Crippen molar-refractivity contribution < 1.29 is 9.47 Å². The minimum Gasteiger partial charge on any atom is -0.342 e. The lowest BCUT2D eigenvalue weighted by Crippen LogP contribution is -2.35. The molecule has 0 amide bonds. The van der Waals surface area contributed by atoms with Crippen molar-refractivity contribution in [3.63, 3.8) is 0 Å². The molecule has 146 valence electrons. The zero-order valence-electron chi connectivity index (χ0n) is 15.8. The molecular formula is C22H22Cl2N2O2. The summed E-state index contributed by atoms with van der Waals surface area (Å²) in [5.41, 5.74) is 4.87. The van der Waals surface area contributed by atoms with Crippen LogP contribution < -0.4 is 0 Å². The Kier molecular flexibility index (Phi) is 4.65. The molecule has 0 atom stereocenters. The molecule has 5 rings (SSSR count). The van der Waals surface area contributed by atoms with E-state index in [4.69, 9.17) is 32.7 Å². The summed E-state index contributed by atoms with van der Waals surface area (Å²) in [6.45, 7) is 3.70. The molecular weight excluding hydrogens is 395 g/mol. The fourth-order valence-electron chi connectivity index (χ4n) is 4.44. The Labute approximate surface area is 174 Å². The SMILES string of the molecule is CN1CCc2c(n(CC3(c4ccc(Cl)cc4)OCCO3)c3ccc(Cl)cc23)C1. The molecule has 6 heteroatoms. The number of fused-ring (bicyclic) bond motifs is 3. The van der Waals surface area contributed by atoms with E-state index >= 15 is 0 Å². The average molecular weight is 417 g/mol. The van der Waals surface area contributed by atoms with Crippen molar-refractivity contribution in [1.82, 2.24) is 9.47 Å². The lowest BCUT2D eigenvalue weighted by atomic mass is 10.0. The van der Waals surface area contributed by atoms with Crippen molar-refractivity contribution in [3.05, 3.63) is 69.3 Å². The first kappa shape index (κ1) is 18.5. The number of ether oxygens (including phenoxy) is 2. The average Bonchev–Trinajstić information content (AvgIpc) is 3.27. The Morgan fingerprint density at radius 3 is 2.46 bits per heavy atom. The molecule has 4 nitrogen and oxygen atoms in total. The first-order valence-corrected chi connectivity index (χ1v) is 10.3. The van der Waals surface area contributed by atoms with Crippen LogP contribution in [0.5, 0.6) is 0 Å². The van der Waals surface area contributed by atoms with Gasteiger partial charge in [0.15, 0.2) is 0 Å². The number of benzene rings is 2. The lowest BCUT2D eigenvalue weighted by molar-refractivity contribution is -0.175. The Balaban J connectivity index is 1.66. The molecule has 1 fully saturated rings. The van der Waals surface area contributed by atoms with Crippen molar-refractivity contribution in [1.29, 1.82) is 0 Å². The number of aromatic nitrogens is 1. The van der Waals surface area contributed by atoms with E-state index in [1.807, 2.05) is 30.3 Å². The van der Waals surface area contributed by atoms with Crippen molar-refractivity contribution >= 4 is 34.1 Å². The summed E-state index contributed by atoms with van der Waals surface area (Å²) in [5, 5.41) is 2.71. The third-order valence-electron chi connectivity index (χ3n) is 5.82. The van der Waals surface area contributed by atoms with Gasteiger partial charge in [0.1, 0.15) is 0 Å². The van der Waals surface area contributed by atoms with Gasteiger partial charge in [-0.3, -0.25) is 0 Å². The fourth-order valence-corrected chi connectivity index (χ4v) is 4.74. The molecule has 28 heavy (non-hydrogen) atoms. The highest BCUT2D eigenvalue weighted by atomic mass is 35.5. The maximum Gasteiger partial charge on any atom is 0.213 e. The molecule has 3 heterocycles. The quantitative estimate of drug-likeness (QED) is 0.611. The van der Waals surface area contributed by atoms with Crippen LogP contribution in [0.1, 0.15) is 16.8 Å². The number of nitrogens with zero attached hydrogens (tertiary/aromatic N) is 2. The van der Waals surface area contributed by atoms with Gasteiger partial charge in [-0.2, -0.15) is 0 Å². The van der Waals surface area contributed by atoms with E-state index in [1.165, 1.54) is 22.2 Å². The summed E-state index contributed by atoms with van der Waals surface area (Å²) in [4.78, 5) is 2.35. The van der Waals surface area contributed by atoms with E-state index in [1.54, 1.807) is 0 Å². The molecule has 1 saturated heterocycles. The van der Waals surface area contributed by atoms with Crippen molar-refractivity contribution in [3.8, 4) is 0 Å². The van der Waals surface area contributed by atoms with Crippen LogP contribution in [0.25, 0.3) is 10.9 Å². The first-order chi connectivity index (χ1) is 13.6. The molecule has 0 spiro atoms. The molecule has 0 saturated carbocycles. The third-order valence-corrected chi connectivity index (χ3v) is 6.30. The predicted octanol–water partition coefficient (Wildman–Crippen LogP) is 4.84. The molecule has 2 aliphatic rings. The molecule has 0 bridgehead atoms. The van der Waals surface area contributed by atoms with E-state index in [0.717, 1.165) is 30.1 Å². The number of likely N-dealkylation sites (N-methyl/N-ethyl adjacent to an activating group) is 1. The van der Waals surface area contributed by atoms with Crippen LogP contribution >= 0.6 is 23.2 Å². The van der Waals surface area contributed by atoms with E-state index < -0.39 is 5.79 Å². The van der Waals surface area contributed by atoms with Gasteiger partial charge in [0.25, 0.3) is 0 Å². The zero-order chi connectivity index (χ0) is 19.3. The Hall–Kier alpha value is -1.56. The second kappa shape index (κ2) is 7.05. The number of rotatable bonds is 3. The van der Waals surface area contributed by atoms with E-state index in [0.29, 0.717) is 24.8 Å². The minimum absolute atomic E-state index is 0.579. The van der Waals surface area contributed by atoms with Gasteiger partial charge >= 0.3 is 0 Å². The summed E-state index contributed by atoms with van der Waals surface area (Å²) in [6.07, 6.45) is 1.02. The maximum atomic E-state index is 6.33. The molecule has 0 radical (unpaired) electrons. The van der Waals surface area contributed by atoms with Crippen LogP contribution in [0.4, 0.5) is 0 Å². The molecule has 1 aromatic heterocycles. The molecule has 0 unspecified atom stereocenters. The normalized spacial score (nSPS) is 19.2. The summed E-state index contributed by atoms with van der Waals surface area (Å²) < 4.78 is 14.8. The maximum absolute atomic E-state index is 6.33. The highest BCUT2D eigenvalue weighted by Crippen LogP contribution is 2.39. The van der Waals surface area contributed by atoms with Crippen LogP contribution in [0.3, 0.4) is 0 Å².